The van der Waals surface area contributed by atoms with Crippen molar-refractivity contribution in [2.75, 3.05) is 6.61 Å². The molecule has 0 atom stereocenters. The summed E-state index contributed by atoms with van der Waals surface area (Å²) in [5.41, 5.74) is 0. The summed E-state index contributed by atoms with van der Waals surface area (Å²) in [6.07, 6.45) is 2.73. The van der Waals surface area contributed by atoms with E-state index in [0.29, 0.717) is 13.0 Å². The van der Waals surface area contributed by atoms with Gasteiger partial charge in [0, 0.05) is 6.42 Å². The average molecular weight is 287 g/mol. The van der Waals surface area contributed by atoms with Gasteiger partial charge in [0.05, 0.1) is 11.1 Å². The smallest absolute Gasteiger partial charge is 0.303 e. The number of unbranched alkanes of at least 4 members (excludes halogenated alkanes) is 2. The highest BCUT2D eigenvalue weighted by atomic mass is 79.9. The van der Waals surface area contributed by atoms with E-state index in [9.17, 15) is 4.79 Å². The molecular weight excluding hydrogens is 272 g/mol. The summed E-state index contributed by atoms with van der Waals surface area (Å²) >= 11 is 3.40. The Labute approximate surface area is 104 Å². The molecule has 88 valence electrons. The van der Waals surface area contributed by atoms with Gasteiger partial charge in [0.15, 0.2) is 0 Å². The van der Waals surface area contributed by atoms with Gasteiger partial charge in [-0.2, -0.15) is 0 Å². The van der Waals surface area contributed by atoms with Crippen LogP contribution in [0.3, 0.4) is 0 Å². The van der Waals surface area contributed by atoms with Gasteiger partial charge >= 0.3 is 5.97 Å². The molecule has 0 spiro atoms. The van der Waals surface area contributed by atoms with Crippen molar-refractivity contribution in [2.45, 2.75) is 25.7 Å². The van der Waals surface area contributed by atoms with Gasteiger partial charge in [0.25, 0.3) is 0 Å². The largest absolute Gasteiger partial charge is 0.492 e. The summed E-state index contributed by atoms with van der Waals surface area (Å²) in [5, 5.41) is 8.45. The van der Waals surface area contributed by atoms with Gasteiger partial charge in [-0.1, -0.05) is 12.1 Å². The summed E-state index contributed by atoms with van der Waals surface area (Å²) in [7, 11) is 0. The summed E-state index contributed by atoms with van der Waals surface area (Å²) in [6.45, 7) is 0.627. The minimum absolute atomic E-state index is 0.245. The number of ether oxygens (including phenoxy) is 1. The number of halogens is 1. The first kappa shape index (κ1) is 13.0. The standard InChI is InChI=1S/C12H15BrO3/c13-10-6-3-4-7-11(10)16-9-5-1-2-8-12(14)15/h3-4,6-7H,1-2,5,8-9H2,(H,14,15). The van der Waals surface area contributed by atoms with Crippen molar-refractivity contribution in [2.24, 2.45) is 0 Å². The molecule has 0 radical (unpaired) electrons. The highest BCUT2D eigenvalue weighted by Crippen LogP contribution is 2.23. The van der Waals surface area contributed by atoms with Crippen LogP contribution in [0.25, 0.3) is 0 Å². The Balaban J connectivity index is 2.12. The fourth-order valence-electron chi connectivity index (χ4n) is 1.30. The van der Waals surface area contributed by atoms with Crippen LogP contribution in [0.5, 0.6) is 5.75 Å². The third kappa shape index (κ3) is 5.16. The van der Waals surface area contributed by atoms with E-state index in [4.69, 9.17) is 9.84 Å². The molecule has 0 aromatic heterocycles. The van der Waals surface area contributed by atoms with Crippen LogP contribution in [0.15, 0.2) is 28.7 Å². The lowest BCUT2D eigenvalue weighted by Gasteiger charge is -2.07. The number of hydrogen-bond acceptors (Lipinski definition) is 2. The Kier molecular flexibility index (Phi) is 5.93. The van der Waals surface area contributed by atoms with E-state index < -0.39 is 5.97 Å². The molecule has 16 heavy (non-hydrogen) atoms. The summed E-state index contributed by atoms with van der Waals surface area (Å²) in [6, 6.07) is 7.69. The highest BCUT2D eigenvalue weighted by Gasteiger charge is 1.99. The predicted molar refractivity (Wildman–Crippen MR) is 65.7 cm³/mol. The molecule has 0 heterocycles. The fraction of sp³-hybridized carbons (Fsp3) is 0.417. The lowest BCUT2D eigenvalue weighted by atomic mass is 10.2. The maximum atomic E-state index is 10.3. The van der Waals surface area contributed by atoms with E-state index in [0.717, 1.165) is 23.1 Å². The number of rotatable bonds is 7. The second-order valence-corrected chi connectivity index (χ2v) is 4.34. The molecule has 0 saturated carbocycles. The first-order valence-electron chi connectivity index (χ1n) is 5.29. The Bertz CT molecular complexity index is 339. The molecule has 0 aliphatic heterocycles. The van der Waals surface area contributed by atoms with E-state index in [1.54, 1.807) is 0 Å². The number of hydrogen-bond donors (Lipinski definition) is 1. The van der Waals surface area contributed by atoms with E-state index in [1.165, 1.54) is 0 Å². The molecule has 0 fully saturated rings. The average Bonchev–Trinajstić information content (AvgIpc) is 2.25. The topological polar surface area (TPSA) is 46.5 Å². The number of carboxylic acids is 1. The van der Waals surface area contributed by atoms with E-state index >= 15 is 0 Å². The Hall–Kier alpha value is -1.03. The molecule has 0 saturated heterocycles. The molecule has 0 aliphatic carbocycles. The molecule has 1 aromatic rings. The van der Waals surface area contributed by atoms with Crippen LogP contribution in [0.2, 0.25) is 0 Å². The second kappa shape index (κ2) is 7.28. The molecule has 0 bridgehead atoms. The van der Waals surface area contributed by atoms with Crippen molar-refractivity contribution in [1.29, 1.82) is 0 Å². The molecule has 1 N–H and O–H groups in total. The maximum Gasteiger partial charge on any atom is 0.303 e. The van der Waals surface area contributed by atoms with Crippen molar-refractivity contribution in [3.05, 3.63) is 28.7 Å². The van der Waals surface area contributed by atoms with Crippen molar-refractivity contribution >= 4 is 21.9 Å². The van der Waals surface area contributed by atoms with Crippen molar-refractivity contribution in [1.82, 2.24) is 0 Å². The predicted octanol–water partition coefficient (Wildman–Crippen LogP) is 3.47. The highest BCUT2D eigenvalue weighted by molar-refractivity contribution is 9.10. The Morgan fingerprint density at radius 1 is 1.25 bits per heavy atom. The van der Waals surface area contributed by atoms with Gasteiger partial charge in [-0.25, -0.2) is 0 Å². The number of para-hydroxylation sites is 1. The first-order valence-corrected chi connectivity index (χ1v) is 6.08. The molecule has 0 aliphatic rings. The van der Waals surface area contributed by atoms with Crippen LogP contribution in [0, 0.1) is 0 Å². The first-order chi connectivity index (χ1) is 7.70. The number of benzene rings is 1. The molecular formula is C12H15BrO3. The third-order valence-corrected chi connectivity index (χ3v) is 2.78. The van der Waals surface area contributed by atoms with Gasteiger partial charge in [-0.05, 0) is 47.3 Å². The molecule has 0 unspecified atom stereocenters. The lowest BCUT2D eigenvalue weighted by molar-refractivity contribution is -0.137. The van der Waals surface area contributed by atoms with E-state index in [-0.39, 0.29) is 6.42 Å². The normalized spacial score (nSPS) is 10.1. The molecule has 1 aromatic carbocycles. The van der Waals surface area contributed by atoms with Crippen molar-refractivity contribution < 1.29 is 14.6 Å². The van der Waals surface area contributed by atoms with Gasteiger partial charge < -0.3 is 9.84 Å². The number of carbonyl (C=O) groups is 1. The van der Waals surface area contributed by atoms with Crippen molar-refractivity contribution in [3.63, 3.8) is 0 Å². The SMILES string of the molecule is O=C(O)CCCCCOc1ccccc1Br. The minimum atomic E-state index is -0.730. The number of carboxylic acid groups (broad SMARTS) is 1. The monoisotopic (exact) mass is 286 g/mol. The minimum Gasteiger partial charge on any atom is -0.492 e. The van der Waals surface area contributed by atoms with Crippen LogP contribution in [-0.2, 0) is 4.79 Å². The van der Waals surface area contributed by atoms with Gasteiger partial charge in [0.1, 0.15) is 5.75 Å². The van der Waals surface area contributed by atoms with Gasteiger partial charge in [0.2, 0.25) is 0 Å². The van der Waals surface area contributed by atoms with Crippen molar-refractivity contribution in [3.8, 4) is 5.75 Å². The molecule has 3 nitrogen and oxygen atoms in total. The zero-order valence-electron chi connectivity index (χ0n) is 8.99. The van der Waals surface area contributed by atoms with Crippen LogP contribution >= 0.6 is 15.9 Å². The summed E-state index contributed by atoms with van der Waals surface area (Å²) < 4.78 is 6.49. The fourth-order valence-corrected chi connectivity index (χ4v) is 1.70. The van der Waals surface area contributed by atoms with Gasteiger partial charge in [-0.3, -0.25) is 4.79 Å². The summed E-state index contributed by atoms with van der Waals surface area (Å²) in [4.78, 5) is 10.3. The molecule has 0 amide bonds. The Morgan fingerprint density at radius 2 is 2.00 bits per heavy atom. The van der Waals surface area contributed by atoms with Crippen LogP contribution < -0.4 is 4.74 Å². The zero-order valence-corrected chi connectivity index (χ0v) is 10.6. The second-order valence-electron chi connectivity index (χ2n) is 3.48. The van der Waals surface area contributed by atoms with Gasteiger partial charge in [-0.15, -0.1) is 0 Å². The summed E-state index contributed by atoms with van der Waals surface area (Å²) in [5.74, 6) is 0.104. The van der Waals surface area contributed by atoms with Crippen LogP contribution in [0.4, 0.5) is 0 Å². The van der Waals surface area contributed by atoms with Crippen LogP contribution in [0.1, 0.15) is 25.7 Å². The van der Waals surface area contributed by atoms with Crippen LogP contribution in [-0.4, -0.2) is 17.7 Å². The quantitative estimate of drug-likeness (QED) is 0.781. The van der Waals surface area contributed by atoms with E-state index in [1.807, 2.05) is 24.3 Å². The number of aliphatic carboxylic acids is 1. The third-order valence-electron chi connectivity index (χ3n) is 2.13. The van der Waals surface area contributed by atoms with E-state index in [2.05, 4.69) is 15.9 Å². The maximum absolute atomic E-state index is 10.3. The molecule has 4 heteroatoms. The molecule has 1 rings (SSSR count). The zero-order chi connectivity index (χ0) is 11.8. The Morgan fingerprint density at radius 3 is 2.69 bits per heavy atom. The lowest BCUT2D eigenvalue weighted by Crippen LogP contribution is -1.99.